The third-order valence-electron chi connectivity index (χ3n) is 8.64. The molecule has 0 aliphatic rings. The lowest BCUT2D eigenvalue weighted by Gasteiger charge is -2.30. The number of carboxylic acids is 1. The SMILES string of the molecule is CC#CCOc1ccc(C[C@H](NC(=O)[C@@H](C=CCCCCCCC(=O)CCCCCCC)[C@@](O)(CC(=O)OCC(=O)OC)C(=O)O)C(=O)OCC(=O)OC)cc1. The second kappa shape index (κ2) is 28.2. The van der Waals surface area contributed by atoms with Gasteiger partial charge in [0, 0.05) is 19.3 Å². The first kappa shape index (κ1) is 48.8. The third kappa shape index (κ3) is 19.9. The third-order valence-corrected chi connectivity index (χ3v) is 8.64. The molecule has 0 aliphatic carbocycles. The number of esters is 4. The first-order valence-electron chi connectivity index (χ1n) is 18.8. The van der Waals surface area contributed by atoms with Crippen molar-refractivity contribution in [3.8, 4) is 17.6 Å². The molecule has 56 heavy (non-hydrogen) atoms. The number of carbonyl (C=O) groups is 7. The number of ether oxygens (including phenoxy) is 5. The molecule has 1 rings (SSSR count). The Kier molecular flexibility index (Phi) is 24.6. The number of ketones is 1. The fraction of sp³-hybridized carbons (Fsp3) is 0.585. The van der Waals surface area contributed by atoms with E-state index in [1.165, 1.54) is 12.5 Å². The average Bonchev–Trinajstić information content (AvgIpc) is 3.18. The summed E-state index contributed by atoms with van der Waals surface area (Å²) in [4.78, 5) is 87.7. The van der Waals surface area contributed by atoms with E-state index in [4.69, 9.17) is 14.2 Å². The highest BCUT2D eigenvalue weighted by molar-refractivity contribution is 5.95. The number of unbranched alkanes of at least 4 members (excludes halogenated alkanes) is 8. The van der Waals surface area contributed by atoms with Crippen molar-refractivity contribution in [1.29, 1.82) is 0 Å². The van der Waals surface area contributed by atoms with Gasteiger partial charge in [0.15, 0.2) is 18.8 Å². The molecule has 310 valence electrons. The van der Waals surface area contributed by atoms with E-state index in [1.807, 2.05) is 0 Å². The van der Waals surface area contributed by atoms with Crippen molar-refractivity contribution in [2.75, 3.05) is 34.0 Å². The topological polar surface area (TPSA) is 218 Å². The van der Waals surface area contributed by atoms with Gasteiger partial charge in [-0.05, 0) is 50.3 Å². The summed E-state index contributed by atoms with van der Waals surface area (Å²) in [6.45, 7) is 2.30. The molecule has 1 aromatic rings. The van der Waals surface area contributed by atoms with Crippen LogP contribution in [0.25, 0.3) is 0 Å². The second-order valence-corrected chi connectivity index (χ2v) is 13.0. The highest BCUT2D eigenvalue weighted by Crippen LogP contribution is 2.26. The lowest BCUT2D eigenvalue weighted by Crippen LogP contribution is -2.55. The number of carboxylic acid groups (broad SMARTS) is 1. The normalized spacial score (nSPS) is 12.9. The van der Waals surface area contributed by atoms with Gasteiger partial charge in [0.2, 0.25) is 5.91 Å². The molecule has 0 radical (unpaired) electrons. The average molecular weight is 788 g/mol. The summed E-state index contributed by atoms with van der Waals surface area (Å²) in [5, 5.41) is 24.0. The summed E-state index contributed by atoms with van der Waals surface area (Å²) < 4.78 is 24.3. The van der Waals surface area contributed by atoms with Crippen LogP contribution in [0.1, 0.15) is 103 Å². The van der Waals surface area contributed by atoms with Crippen LogP contribution in [0.4, 0.5) is 0 Å². The van der Waals surface area contributed by atoms with E-state index < -0.39 is 72.9 Å². The first-order valence-corrected chi connectivity index (χ1v) is 18.8. The van der Waals surface area contributed by atoms with Crippen LogP contribution in [0.15, 0.2) is 36.4 Å². The number of hydrogen-bond acceptors (Lipinski definition) is 13. The maximum absolute atomic E-state index is 13.9. The maximum atomic E-state index is 13.9. The van der Waals surface area contributed by atoms with Crippen molar-refractivity contribution in [3.05, 3.63) is 42.0 Å². The van der Waals surface area contributed by atoms with Crippen LogP contribution >= 0.6 is 0 Å². The summed E-state index contributed by atoms with van der Waals surface area (Å²) >= 11 is 0. The van der Waals surface area contributed by atoms with E-state index in [0.717, 1.165) is 65.2 Å². The molecule has 0 aliphatic heterocycles. The molecule has 15 heteroatoms. The molecule has 0 bridgehead atoms. The van der Waals surface area contributed by atoms with Crippen molar-refractivity contribution in [3.63, 3.8) is 0 Å². The molecule has 3 N–H and O–H groups in total. The van der Waals surface area contributed by atoms with E-state index >= 15 is 0 Å². The van der Waals surface area contributed by atoms with Crippen molar-refractivity contribution < 1.29 is 67.5 Å². The Bertz CT molecular complexity index is 1510. The van der Waals surface area contributed by atoms with Gasteiger partial charge < -0.3 is 39.2 Å². The van der Waals surface area contributed by atoms with E-state index in [0.29, 0.717) is 37.0 Å². The van der Waals surface area contributed by atoms with E-state index in [2.05, 4.69) is 33.6 Å². The largest absolute Gasteiger partial charge is 0.481 e. The zero-order chi connectivity index (χ0) is 41.8. The number of carbonyl (C=O) groups excluding carboxylic acids is 6. The van der Waals surface area contributed by atoms with Crippen LogP contribution in [0.2, 0.25) is 0 Å². The lowest BCUT2D eigenvalue weighted by atomic mass is 9.82. The Labute approximate surface area is 328 Å². The van der Waals surface area contributed by atoms with E-state index in [1.54, 1.807) is 31.2 Å². The van der Waals surface area contributed by atoms with Crippen molar-refractivity contribution in [2.45, 2.75) is 115 Å². The fourth-order valence-electron chi connectivity index (χ4n) is 5.37. The van der Waals surface area contributed by atoms with E-state index in [9.17, 15) is 43.8 Å². The zero-order valence-electron chi connectivity index (χ0n) is 32.9. The predicted octanol–water partition coefficient (Wildman–Crippen LogP) is 4.20. The number of hydrogen-bond donors (Lipinski definition) is 3. The van der Waals surface area contributed by atoms with Crippen molar-refractivity contribution in [1.82, 2.24) is 5.32 Å². The Morgan fingerprint density at radius 3 is 1.98 bits per heavy atom. The van der Waals surface area contributed by atoms with Crippen LogP contribution in [-0.2, 0) is 58.9 Å². The van der Waals surface area contributed by atoms with Gasteiger partial charge in [-0.15, -0.1) is 5.92 Å². The molecule has 0 spiro atoms. The molecule has 1 aromatic carbocycles. The fourth-order valence-corrected chi connectivity index (χ4v) is 5.37. The van der Waals surface area contributed by atoms with Gasteiger partial charge in [0.05, 0.1) is 26.6 Å². The molecular weight excluding hydrogens is 730 g/mol. The summed E-state index contributed by atoms with van der Waals surface area (Å²) in [7, 11) is 2.13. The molecular formula is C41H57NO14. The van der Waals surface area contributed by atoms with Crippen LogP contribution in [0.3, 0.4) is 0 Å². The quantitative estimate of drug-likeness (QED) is 0.0341. The highest BCUT2D eigenvalue weighted by Gasteiger charge is 2.49. The minimum atomic E-state index is -3.11. The molecule has 0 unspecified atom stereocenters. The summed E-state index contributed by atoms with van der Waals surface area (Å²) in [5.41, 5.74) is -2.61. The maximum Gasteiger partial charge on any atom is 0.344 e. The molecule has 0 saturated heterocycles. The number of amides is 1. The van der Waals surface area contributed by atoms with Gasteiger partial charge in [-0.3, -0.25) is 14.4 Å². The second-order valence-electron chi connectivity index (χ2n) is 13.0. The van der Waals surface area contributed by atoms with Crippen LogP contribution < -0.4 is 10.1 Å². The summed E-state index contributed by atoms with van der Waals surface area (Å²) in [5.74, 6) is -3.12. The van der Waals surface area contributed by atoms with Crippen LogP contribution in [-0.4, -0.2) is 97.4 Å². The molecule has 0 aromatic heterocycles. The standard InChI is InChI=1S/C41H57NO14/c1-5-7-9-12-15-18-31(43)19-16-13-10-11-14-17-20-33(41(51,40(49)50)27-35(44)55-28-36(45)52-3)38(47)42-34(39(48)56-29-37(46)53-4)26-30-21-23-32(24-22-30)54-25-8-6-2/h17,20-24,33-34,51H,5,7,9-16,18-19,25-29H2,1-4H3,(H,42,47)(H,49,50)/t33-,34+,41+/m1/s1. The Balaban J connectivity index is 3.21. The Morgan fingerprint density at radius 1 is 0.821 bits per heavy atom. The van der Waals surface area contributed by atoms with Gasteiger partial charge in [-0.1, -0.05) is 75.7 Å². The Morgan fingerprint density at radius 2 is 1.41 bits per heavy atom. The number of rotatable bonds is 29. The monoisotopic (exact) mass is 787 g/mol. The number of aliphatic carboxylic acids is 1. The molecule has 0 fully saturated rings. The van der Waals surface area contributed by atoms with Gasteiger partial charge in [-0.25, -0.2) is 19.2 Å². The number of benzene rings is 1. The van der Waals surface area contributed by atoms with E-state index in [-0.39, 0.29) is 18.8 Å². The smallest absolute Gasteiger partial charge is 0.344 e. The number of allylic oxidation sites excluding steroid dienone is 1. The summed E-state index contributed by atoms with van der Waals surface area (Å²) in [6, 6.07) is 4.91. The number of methoxy groups -OCH3 is 2. The van der Waals surface area contributed by atoms with Crippen LogP contribution in [0, 0.1) is 17.8 Å². The lowest BCUT2D eigenvalue weighted by molar-refractivity contribution is -0.175. The van der Waals surface area contributed by atoms with Crippen LogP contribution in [0.5, 0.6) is 5.75 Å². The van der Waals surface area contributed by atoms with Gasteiger partial charge in [-0.2, -0.15) is 0 Å². The minimum absolute atomic E-state index is 0.145. The Hall–Kier alpha value is -5.23. The predicted molar refractivity (Wildman–Crippen MR) is 203 cm³/mol. The number of nitrogens with one attached hydrogen (secondary N) is 1. The molecule has 15 nitrogen and oxygen atoms in total. The molecule has 0 heterocycles. The van der Waals surface area contributed by atoms with Crippen molar-refractivity contribution in [2.24, 2.45) is 5.92 Å². The van der Waals surface area contributed by atoms with Gasteiger partial charge >= 0.3 is 29.8 Å². The van der Waals surface area contributed by atoms with Crippen molar-refractivity contribution >= 4 is 41.5 Å². The van der Waals surface area contributed by atoms with Gasteiger partial charge in [0.25, 0.3) is 0 Å². The number of Topliss-reactive ketones (excluding diaryl/α,β-unsaturated/α-hetero) is 1. The highest BCUT2D eigenvalue weighted by atomic mass is 16.6. The first-order chi connectivity index (χ1) is 26.8. The molecule has 3 atom stereocenters. The van der Waals surface area contributed by atoms with Gasteiger partial charge in [0.1, 0.15) is 24.2 Å². The molecule has 0 saturated carbocycles. The number of aliphatic hydroxyl groups is 1. The summed E-state index contributed by atoms with van der Waals surface area (Å²) in [6.07, 6.45) is 10.8. The minimum Gasteiger partial charge on any atom is -0.481 e. The zero-order valence-corrected chi connectivity index (χ0v) is 32.9. The molecule has 1 amide bonds.